The fraction of sp³-hybridized carbons (Fsp3) is 0.200. The Kier molecular flexibility index (Phi) is 3.19. The average molecular weight is 192 g/mol. The zero-order valence-corrected chi connectivity index (χ0v) is 7.70. The van der Waals surface area contributed by atoms with Gasteiger partial charge in [0.25, 0.3) is 0 Å². The van der Waals surface area contributed by atoms with Crippen LogP contribution in [0.15, 0.2) is 24.3 Å². The van der Waals surface area contributed by atoms with E-state index >= 15 is 0 Å². The Bertz CT molecular complexity index is 367. The van der Waals surface area contributed by atoms with Crippen LogP contribution < -0.4 is 0 Å². The summed E-state index contributed by atoms with van der Waals surface area (Å²) in [7, 11) is 1.52. The first kappa shape index (κ1) is 10.2. The molecule has 0 aliphatic rings. The number of carbonyl (C=O) groups excluding carboxylic acids is 1. The minimum Gasteiger partial charge on any atom is -0.329 e. The van der Waals surface area contributed by atoms with E-state index in [4.69, 9.17) is 5.26 Å². The summed E-state index contributed by atoms with van der Waals surface area (Å²) in [4.78, 5) is 12.1. The molecule has 0 saturated heterocycles. The van der Waals surface area contributed by atoms with E-state index in [0.29, 0.717) is 6.54 Å². The van der Waals surface area contributed by atoms with Gasteiger partial charge in [-0.1, -0.05) is 12.1 Å². The Hall–Kier alpha value is -1.89. The van der Waals surface area contributed by atoms with E-state index < -0.39 is 5.91 Å². The van der Waals surface area contributed by atoms with E-state index in [1.165, 1.54) is 30.1 Å². The lowest BCUT2D eigenvalue weighted by Gasteiger charge is -2.12. The van der Waals surface area contributed by atoms with Crippen LogP contribution in [0.3, 0.4) is 0 Å². The SMILES string of the molecule is CN(Cc1ccc(F)cc1)C(=O)C#N. The second kappa shape index (κ2) is 4.38. The second-order valence-corrected chi connectivity index (χ2v) is 2.90. The van der Waals surface area contributed by atoms with Crippen LogP contribution in [0.5, 0.6) is 0 Å². The van der Waals surface area contributed by atoms with Crippen LogP contribution in [0.4, 0.5) is 4.39 Å². The van der Waals surface area contributed by atoms with Crippen molar-refractivity contribution in [3.63, 3.8) is 0 Å². The Morgan fingerprint density at radius 1 is 1.50 bits per heavy atom. The quantitative estimate of drug-likeness (QED) is 0.663. The summed E-state index contributed by atoms with van der Waals surface area (Å²) in [5, 5.41) is 8.33. The lowest BCUT2D eigenvalue weighted by atomic mass is 10.2. The predicted octanol–water partition coefficient (Wildman–Crippen LogP) is 1.31. The number of nitriles is 1. The van der Waals surface area contributed by atoms with Gasteiger partial charge in [-0.2, -0.15) is 5.26 Å². The van der Waals surface area contributed by atoms with Gasteiger partial charge in [-0.05, 0) is 17.7 Å². The van der Waals surface area contributed by atoms with Crippen LogP contribution in [0.25, 0.3) is 0 Å². The maximum absolute atomic E-state index is 12.5. The Morgan fingerprint density at radius 2 is 2.07 bits per heavy atom. The van der Waals surface area contributed by atoms with Gasteiger partial charge in [0.1, 0.15) is 5.82 Å². The number of halogens is 1. The minimum atomic E-state index is -0.602. The molecule has 0 spiro atoms. The van der Waals surface area contributed by atoms with Crippen molar-refractivity contribution in [1.29, 1.82) is 5.26 Å². The predicted molar refractivity (Wildman–Crippen MR) is 48.5 cm³/mol. The molecule has 4 heteroatoms. The zero-order chi connectivity index (χ0) is 10.6. The molecule has 0 heterocycles. The summed E-state index contributed by atoms with van der Waals surface area (Å²) in [6, 6.07) is 7.31. The molecule has 1 aromatic rings. The third-order valence-electron chi connectivity index (χ3n) is 1.78. The topological polar surface area (TPSA) is 44.1 Å². The monoisotopic (exact) mass is 192 g/mol. The van der Waals surface area contributed by atoms with Gasteiger partial charge in [-0.15, -0.1) is 0 Å². The Morgan fingerprint density at radius 3 is 2.57 bits per heavy atom. The molecule has 0 radical (unpaired) electrons. The van der Waals surface area contributed by atoms with Gasteiger partial charge in [-0.25, -0.2) is 4.39 Å². The van der Waals surface area contributed by atoms with Crippen molar-refractivity contribution in [3.05, 3.63) is 35.6 Å². The lowest BCUT2D eigenvalue weighted by Crippen LogP contribution is -2.24. The molecule has 0 bridgehead atoms. The second-order valence-electron chi connectivity index (χ2n) is 2.90. The van der Waals surface area contributed by atoms with E-state index in [9.17, 15) is 9.18 Å². The van der Waals surface area contributed by atoms with Gasteiger partial charge in [0, 0.05) is 13.6 Å². The van der Waals surface area contributed by atoms with E-state index in [1.807, 2.05) is 0 Å². The van der Waals surface area contributed by atoms with Crippen LogP contribution in [0.1, 0.15) is 5.56 Å². The standard InChI is InChI=1S/C10H9FN2O/c1-13(10(14)6-12)7-8-2-4-9(11)5-3-8/h2-5H,7H2,1H3. The van der Waals surface area contributed by atoms with Crippen molar-refractivity contribution in [2.24, 2.45) is 0 Å². The fourth-order valence-corrected chi connectivity index (χ4v) is 1.02. The molecule has 0 fully saturated rings. The smallest absolute Gasteiger partial charge is 0.325 e. The normalized spacial score (nSPS) is 9.21. The van der Waals surface area contributed by atoms with Crippen molar-refractivity contribution in [2.45, 2.75) is 6.54 Å². The molecule has 0 saturated carbocycles. The van der Waals surface area contributed by atoms with Crippen LogP contribution in [-0.2, 0) is 11.3 Å². The summed E-state index contributed by atoms with van der Waals surface area (Å²) >= 11 is 0. The summed E-state index contributed by atoms with van der Waals surface area (Å²) in [6.07, 6.45) is 0. The largest absolute Gasteiger partial charge is 0.329 e. The van der Waals surface area contributed by atoms with Gasteiger partial charge in [-0.3, -0.25) is 4.79 Å². The van der Waals surface area contributed by atoms with Crippen molar-refractivity contribution in [2.75, 3.05) is 7.05 Å². The summed E-state index contributed by atoms with van der Waals surface area (Å²) in [5.41, 5.74) is 0.789. The van der Waals surface area contributed by atoms with Crippen LogP contribution in [0.2, 0.25) is 0 Å². The summed E-state index contributed by atoms with van der Waals surface area (Å²) in [5.74, 6) is -0.919. The highest BCUT2D eigenvalue weighted by atomic mass is 19.1. The molecule has 0 atom stereocenters. The minimum absolute atomic E-state index is 0.312. The molecule has 0 aromatic heterocycles. The fourth-order valence-electron chi connectivity index (χ4n) is 1.02. The summed E-state index contributed by atoms with van der Waals surface area (Å²) in [6.45, 7) is 0.312. The molecule has 0 N–H and O–H groups in total. The van der Waals surface area contributed by atoms with E-state index in [1.54, 1.807) is 12.1 Å². The van der Waals surface area contributed by atoms with Gasteiger partial charge in [0.2, 0.25) is 0 Å². The van der Waals surface area contributed by atoms with Gasteiger partial charge in [0.05, 0.1) is 0 Å². The average Bonchev–Trinajstić information content (AvgIpc) is 2.20. The molecular formula is C10H9FN2O. The van der Waals surface area contributed by atoms with Crippen molar-refractivity contribution < 1.29 is 9.18 Å². The molecule has 1 amide bonds. The molecule has 1 rings (SSSR count). The van der Waals surface area contributed by atoms with Crippen molar-refractivity contribution in [1.82, 2.24) is 4.90 Å². The molecular weight excluding hydrogens is 183 g/mol. The number of hydrogen-bond acceptors (Lipinski definition) is 2. The first-order valence-corrected chi connectivity index (χ1v) is 4.03. The number of carbonyl (C=O) groups is 1. The van der Waals surface area contributed by atoms with Crippen molar-refractivity contribution in [3.8, 4) is 6.07 Å². The third-order valence-corrected chi connectivity index (χ3v) is 1.78. The maximum atomic E-state index is 12.5. The summed E-state index contributed by atoms with van der Waals surface area (Å²) < 4.78 is 12.5. The number of hydrogen-bond donors (Lipinski definition) is 0. The lowest BCUT2D eigenvalue weighted by molar-refractivity contribution is -0.124. The highest BCUT2D eigenvalue weighted by Gasteiger charge is 2.06. The number of nitrogens with zero attached hydrogens (tertiary/aromatic N) is 2. The third kappa shape index (κ3) is 2.56. The van der Waals surface area contributed by atoms with Crippen molar-refractivity contribution >= 4 is 5.91 Å². The molecule has 72 valence electrons. The number of rotatable bonds is 2. The van der Waals surface area contributed by atoms with Crippen LogP contribution >= 0.6 is 0 Å². The molecule has 14 heavy (non-hydrogen) atoms. The van der Waals surface area contributed by atoms with Crippen LogP contribution in [0, 0.1) is 17.1 Å². The highest BCUT2D eigenvalue weighted by Crippen LogP contribution is 2.05. The van der Waals surface area contributed by atoms with Gasteiger partial charge in [0.15, 0.2) is 6.07 Å². The van der Waals surface area contributed by atoms with Crippen LogP contribution in [-0.4, -0.2) is 17.9 Å². The zero-order valence-electron chi connectivity index (χ0n) is 7.70. The maximum Gasteiger partial charge on any atom is 0.325 e. The van der Waals surface area contributed by atoms with E-state index in [2.05, 4.69) is 0 Å². The van der Waals surface area contributed by atoms with E-state index in [0.717, 1.165) is 5.56 Å². The Balaban J connectivity index is 2.66. The Labute approximate surface area is 81.4 Å². The highest BCUT2D eigenvalue weighted by molar-refractivity contribution is 5.90. The molecule has 0 unspecified atom stereocenters. The number of benzene rings is 1. The first-order valence-electron chi connectivity index (χ1n) is 4.03. The molecule has 1 aromatic carbocycles. The first-order chi connectivity index (χ1) is 6.63. The van der Waals surface area contributed by atoms with Gasteiger partial charge >= 0.3 is 5.91 Å². The van der Waals surface area contributed by atoms with Gasteiger partial charge < -0.3 is 4.90 Å². The molecule has 3 nitrogen and oxygen atoms in total. The number of amides is 1. The molecule has 0 aliphatic heterocycles. The molecule has 0 aliphatic carbocycles. The van der Waals surface area contributed by atoms with E-state index in [-0.39, 0.29) is 5.82 Å².